The summed E-state index contributed by atoms with van der Waals surface area (Å²) in [5.74, 6) is 0. The Hall–Kier alpha value is -1.59. The number of carbonyl (C=O) groups is 1. The van der Waals surface area contributed by atoms with Gasteiger partial charge in [-0.15, -0.1) is 0 Å². The lowest BCUT2D eigenvalue weighted by Crippen LogP contribution is -2.56. The maximum Gasteiger partial charge on any atom is 0.320 e. The van der Waals surface area contributed by atoms with Gasteiger partial charge in [-0.05, 0) is 44.3 Å². The molecule has 1 unspecified atom stereocenters. The summed E-state index contributed by atoms with van der Waals surface area (Å²) >= 11 is 0. The van der Waals surface area contributed by atoms with Crippen LogP contribution >= 0.6 is 0 Å². The highest BCUT2D eigenvalue weighted by atomic mass is 16.3. The molecule has 3 rings (SSSR count). The van der Waals surface area contributed by atoms with Crippen LogP contribution in [0, 0.1) is 0 Å². The molecule has 21 heavy (non-hydrogen) atoms. The van der Waals surface area contributed by atoms with E-state index in [1.54, 1.807) is 4.90 Å². The molecule has 2 saturated heterocycles. The zero-order valence-corrected chi connectivity index (χ0v) is 12.2. The smallest absolute Gasteiger partial charge is 0.320 e. The van der Waals surface area contributed by atoms with Crippen LogP contribution in [0.15, 0.2) is 30.3 Å². The largest absolute Gasteiger partial charge is 0.371 e. The Morgan fingerprint density at radius 3 is 2.67 bits per heavy atom. The van der Waals surface area contributed by atoms with Gasteiger partial charge in [-0.3, -0.25) is 4.90 Å². The molecule has 2 aliphatic rings. The van der Waals surface area contributed by atoms with Gasteiger partial charge in [0.1, 0.15) is 0 Å². The first kappa shape index (κ1) is 14.4. The standard InChI is InChI=1S/C16H23N3O2/c20-14-16(8-10-17-11-9-16)18-15(21)19(14)12-4-7-13-5-2-1-3-6-13/h1-3,5-6,14,17,20H,4,7-12H2,(H,18,21). The van der Waals surface area contributed by atoms with E-state index >= 15 is 0 Å². The Bertz CT molecular complexity index is 486. The number of hydrogen-bond acceptors (Lipinski definition) is 3. The van der Waals surface area contributed by atoms with Crippen LogP contribution in [-0.4, -0.2) is 47.4 Å². The van der Waals surface area contributed by atoms with Crippen LogP contribution in [0.3, 0.4) is 0 Å². The number of amides is 2. The number of benzene rings is 1. The van der Waals surface area contributed by atoms with E-state index in [0.29, 0.717) is 6.54 Å². The fourth-order valence-corrected chi connectivity index (χ4v) is 3.34. The zero-order valence-electron chi connectivity index (χ0n) is 12.2. The Balaban J connectivity index is 1.57. The maximum atomic E-state index is 12.1. The van der Waals surface area contributed by atoms with Gasteiger partial charge in [0, 0.05) is 6.54 Å². The molecule has 1 atom stereocenters. The van der Waals surface area contributed by atoms with Crippen molar-refractivity contribution in [3.63, 3.8) is 0 Å². The minimum absolute atomic E-state index is 0.127. The normalized spacial score (nSPS) is 24.3. The van der Waals surface area contributed by atoms with Crippen molar-refractivity contribution in [1.82, 2.24) is 15.5 Å². The Morgan fingerprint density at radius 1 is 1.24 bits per heavy atom. The van der Waals surface area contributed by atoms with Crippen molar-refractivity contribution in [1.29, 1.82) is 0 Å². The quantitative estimate of drug-likeness (QED) is 0.777. The molecule has 0 bridgehead atoms. The van der Waals surface area contributed by atoms with Crippen LogP contribution in [0.2, 0.25) is 0 Å². The third-order valence-corrected chi connectivity index (χ3v) is 4.61. The lowest BCUT2D eigenvalue weighted by molar-refractivity contribution is -0.0103. The molecular weight excluding hydrogens is 266 g/mol. The van der Waals surface area contributed by atoms with Crippen molar-refractivity contribution in [3.05, 3.63) is 35.9 Å². The van der Waals surface area contributed by atoms with Crippen LogP contribution in [0.5, 0.6) is 0 Å². The molecule has 0 aliphatic carbocycles. The topological polar surface area (TPSA) is 64.6 Å². The highest BCUT2D eigenvalue weighted by Gasteiger charge is 2.50. The molecule has 0 saturated carbocycles. The van der Waals surface area contributed by atoms with Crippen LogP contribution < -0.4 is 10.6 Å². The summed E-state index contributed by atoms with van der Waals surface area (Å²) in [6.07, 6.45) is 2.65. The summed E-state index contributed by atoms with van der Waals surface area (Å²) in [5.41, 5.74) is 0.818. The van der Waals surface area contributed by atoms with Gasteiger partial charge in [0.25, 0.3) is 0 Å². The molecule has 1 spiro atoms. The number of aryl methyl sites for hydroxylation is 1. The van der Waals surface area contributed by atoms with Crippen molar-refractivity contribution >= 4 is 6.03 Å². The van der Waals surface area contributed by atoms with Crippen molar-refractivity contribution in [3.8, 4) is 0 Å². The number of carbonyl (C=O) groups excluding carboxylic acids is 1. The van der Waals surface area contributed by atoms with Crippen molar-refractivity contribution in [2.24, 2.45) is 0 Å². The third kappa shape index (κ3) is 2.89. The number of rotatable bonds is 4. The summed E-state index contributed by atoms with van der Waals surface area (Å²) in [6, 6.07) is 10.1. The van der Waals surface area contributed by atoms with E-state index in [1.807, 2.05) is 18.2 Å². The van der Waals surface area contributed by atoms with Crippen LogP contribution in [-0.2, 0) is 6.42 Å². The predicted molar refractivity (Wildman–Crippen MR) is 80.8 cm³/mol. The zero-order chi connectivity index (χ0) is 14.7. The lowest BCUT2D eigenvalue weighted by Gasteiger charge is -2.36. The third-order valence-electron chi connectivity index (χ3n) is 4.61. The SMILES string of the molecule is O=C1NC2(CCNCC2)C(O)N1CCCc1ccccc1. The Morgan fingerprint density at radius 2 is 1.95 bits per heavy atom. The lowest BCUT2D eigenvalue weighted by atomic mass is 9.87. The second kappa shape index (κ2) is 6.03. The van der Waals surface area contributed by atoms with Crippen LogP contribution in [0.4, 0.5) is 4.79 Å². The van der Waals surface area contributed by atoms with E-state index in [9.17, 15) is 9.90 Å². The molecular formula is C16H23N3O2. The minimum atomic E-state index is -0.706. The Labute approximate surface area is 125 Å². The van der Waals surface area contributed by atoms with E-state index in [0.717, 1.165) is 38.8 Å². The van der Waals surface area contributed by atoms with E-state index in [2.05, 4.69) is 22.8 Å². The number of piperidine rings is 1. The van der Waals surface area contributed by atoms with Gasteiger partial charge in [0.2, 0.25) is 0 Å². The molecule has 5 heteroatoms. The molecule has 0 aromatic heterocycles. The highest BCUT2D eigenvalue weighted by Crippen LogP contribution is 2.30. The molecule has 3 N–H and O–H groups in total. The summed E-state index contributed by atoms with van der Waals surface area (Å²) in [5, 5.41) is 16.8. The summed E-state index contributed by atoms with van der Waals surface area (Å²) in [7, 11) is 0. The van der Waals surface area contributed by atoms with E-state index in [-0.39, 0.29) is 6.03 Å². The van der Waals surface area contributed by atoms with Gasteiger partial charge in [-0.1, -0.05) is 30.3 Å². The summed E-state index contributed by atoms with van der Waals surface area (Å²) < 4.78 is 0. The van der Waals surface area contributed by atoms with Gasteiger partial charge < -0.3 is 15.7 Å². The average Bonchev–Trinajstić information content (AvgIpc) is 2.73. The van der Waals surface area contributed by atoms with Crippen molar-refractivity contribution in [2.45, 2.75) is 37.5 Å². The molecule has 1 aromatic carbocycles. The van der Waals surface area contributed by atoms with Crippen LogP contribution in [0.1, 0.15) is 24.8 Å². The molecule has 2 heterocycles. The molecule has 5 nitrogen and oxygen atoms in total. The number of aliphatic hydroxyl groups is 1. The van der Waals surface area contributed by atoms with Gasteiger partial charge >= 0.3 is 6.03 Å². The van der Waals surface area contributed by atoms with Gasteiger partial charge in [-0.25, -0.2) is 4.79 Å². The minimum Gasteiger partial charge on any atom is -0.371 e. The first-order chi connectivity index (χ1) is 10.2. The monoisotopic (exact) mass is 289 g/mol. The second-order valence-corrected chi connectivity index (χ2v) is 5.99. The molecule has 2 fully saturated rings. The summed E-state index contributed by atoms with van der Waals surface area (Å²) in [4.78, 5) is 13.7. The van der Waals surface area contributed by atoms with Gasteiger partial charge in [0.05, 0.1) is 5.54 Å². The maximum absolute atomic E-state index is 12.1. The predicted octanol–water partition coefficient (Wildman–Crippen LogP) is 1.08. The van der Waals surface area contributed by atoms with E-state index in [4.69, 9.17) is 0 Å². The van der Waals surface area contributed by atoms with Crippen LogP contribution in [0.25, 0.3) is 0 Å². The van der Waals surface area contributed by atoms with Gasteiger partial charge in [0.15, 0.2) is 6.23 Å². The first-order valence-electron chi connectivity index (χ1n) is 7.73. The fraction of sp³-hybridized carbons (Fsp3) is 0.562. The number of nitrogens with zero attached hydrogens (tertiary/aromatic N) is 1. The van der Waals surface area contributed by atoms with Crippen molar-refractivity contribution < 1.29 is 9.90 Å². The Kier molecular flexibility index (Phi) is 4.12. The highest BCUT2D eigenvalue weighted by molar-refractivity contribution is 5.78. The number of nitrogens with one attached hydrogen (secondary N) is 2. The molecule has 1 aromatic rings. The van der Waals surface area contributed by atoms with Gasteiger partial charge in [-0.2, -0.15) is 0 Å². The second-order valence-electron chi connectivity index (χ2n) is 5.99. The van der Waals surface area contributed by atoms with Crippen molar-refractivity contribution in [2.75, 3.05) is 19.6 Å². The molecule has 2 aliphatic heterocycles. The number of urea groups is 1. The summed E-state index contributed by atoms with van der Waals surface area (Å²) in [6.45, 7) is 2.28. The average molecular weight is 289 g/mol. The molecule has 0 radical (unpaired) electrons. The van der Waals surface area contributed by atoms with E-state index in [1.165, 1.54) is 5.56 Å². The van der Waals surface area contributed by atoms with E-state index < -0.39 is 11.8 Å². The fourth-order valence-electron chi connectivity index (χ4n) is 3.34. The molecule has 2 amide bonds. The molecule has 114 valence electrons. The number of aliphatic hydroxyl groups excluding tert-OH is 1. The first-order valence-corrected chi connectivity index (χ1v) is 7.73. The number of hydrogen-bond donors (Lipinski definition) is 3.